The third kappa shape index (κ3) is 6.27. The summed E-state index contributed by atoms with van der Waals surface area (Å²) in [6.45, 7) is 6.01. The van der Waals surface area contributed by atoms with Crippen LogP contribution in [0.1, 0.15) is 19.4 Å². The number of hydrogen-bond donors (Lipinski definition) is 3. The van der Waals surface area contributed by atoms with Crippen molar-refractivity contribution in [3.8, 4) is 0 Å². The smallest absolute Gasteiger partial charge is 0.238 e. The van der Waals surface area contributed by atoms with Gasteiger partial charge in [0.05, 0.1) is 13.1 Å². The second-order valence-corrected chi connectivity index (χ2v) is 5.52. The van der Waals surface area contributed by atoms with Crippen molar-refractivity contribution in [2.24, 2.45) is 0 Å². The topological polar surface area (TPSA) is 87.5 Å². The van der Waals surface area contributed by atoms with Crippen molar-refractivity contribution < 1.29 is 9.59 Å². The Bertz CT molecular complexity index is 514. The van der Waals surface area contributed by atoms with E-state index in [1.165, 1.54) is 0 Å². The lowest BCUT2D eigenvalue weighted by Gasteiger charge is -2.17. The molecule has 1 aromatic carbocycles. The number of nitrogens with zero attached hydrogens (tertiary/aromatic N) is 1. The van der Waals surface area contributed by atoms with Crippen LogP contribution >= 0.6 is 0 Å². The van der Waals surface area contributed by atoms with E-state index in [0.717, 1.165) is 5.56 Å². The van der Waals surface area contributed by atoms with E-state index in [0.29, 0.717) is 11.4 Å². The molecular weight excluding hydrogens is 268 g/mol. The van der Waals surface area contributed by atoms with Crippen molar-refractivity contribution in [1.82, 2.24) is 10.2 Å². The Kier molecular flexibility index (Phi) is 6.17. The quantitative estimate of drug-likeness (QED) is 0.682. The van der Waals surface area contributed by atoms with Crippen molar-refractivity contribution in [1.29, 1.82) is 0 Å². The van der Waals surface area contributed by atoms with Gasteiger partial charge in [0.15, 0.2) is 0 Å². The van der Waals surface area contributed by atoms with Gasteiger partial charge in [-0.2, -0.15) is 0 Å². The fourth-order valence-electron chi connectivity index (χ4n) is 1.88. The number of rotatable bonds is 6. The largest absolute Gasteiger partial charge is 0.399 e. The normalized spacial score (nSPS) is 10.8. The predicted octanol–water partition coefficient (Wildman–Crippen LogP) is 0.972. The highest BCUT2D eigenvalue weighted by Crippen LogP contribution is 2.17. The number of anilines is 2. The minimum Gasteiger partial charge on any atom is -0.399 e. The molecule has 0 bridgehead atoms. The molecule has 6 nitrogen and oxygen atoms in total. The Morgan fingerprint density at radius 3 is 2.48 bits per heavy atom. The highest BCUT2D eigenvalue weighted by Gasteiger charge is 2.12. The molecule has 2 amide bonds. The van der Waals surface area contributed by atoms with E-state index < -0.39 is 0 Å². The molecule has 6 heteroatoms. The fraction of sp³-hybridized carbons (Fsp3) is 0.467. The number of nitrogens with one attached hydrogen (secondary N) is 2. The second kappa shape index (κ2) is 7.64. The lowest BCUT2D eigenvalue weighted by molar-refractivity contribution is -0.123. The Hall–Kier alpha value is -2.08. The molecule has 0 atom stereocenters. The summed E-state index contributed by atoms with van der Waals surface area (Å²) in [5.74, 6) is -0.274. The number of carbonyl (C=O) groups is 2. The van der Waals surface area contributed by atoms with Crippen molar-refractivity contribution in [3.05, 3.63) is 23.8 Å². The van der Waals surface area contributed by atoms with Crippen LogP contribution in [0.5, 0.6) is 0 Å². The third-order valence-electron chi connectivity index (χ3n) is 2.81. The molecule has 0 unspecified atom stereocenters. The van der Waals surface area contributed by atoms with Gasteiger partial charge in [0.1, 0.15) is 0 Å². The fourth-order valence-corrected chi connectivity index (χ4v) is 1.88. The summed E-state index contributed by atoms with van der Waals surface area (Å²) in [5.41, 5.74) is 7.94. The zero-order valence-corrected chi connectivity index (χ0v) is 13.1. The summed E-state index contributed by atoms with van der Waals surface area (Å²) in [7, 11) is 1.73. The van der Waals surface area contributed by atoms with E-state index in [1.54, 1.807) is 24.1 Å². The molecule has 0 aliphatic rings. The van der Waals surface area contributed by atoms with Gasteiger partial charge in [0.25, 0.3) is 0 Å². The first-order chi connectivity index (χ1) is 9.77. The molecule has 0 aromatic heterocycles. The maximum absolute atomic E-state index is 12.0. The van der Waals surface area contributed by atoms with Gasteiger partial charge in [0, 0.05) is 17.4 Å². The summed E-state index contributed by atoms with van der Waals surface area (Å²) in [5, 5.41) is 5.59. The average molecular weight is 292 g/mol. The molecule has 1 aromatic rings. The molecule has 21 heavy (non-hydrogen) atoms. The first-order valence-electron chi connectivity index (χ1n) is 6.92. The minimum absolute atomic E-state index is 0.0923. The van der Waals surface area contributed by atoms with Gasteiger partial charge in [-0.1, -0.05) is 6.07 Å². The number of hydrogen-bond acceptors (Lipinski definition) is 4. The number of aryl methyl sites for hydroxylation is 1. The summed E-state index contributed by atoms with van der Waals surface area (Å²) >= 11 is 0. The van der Waals surface area contributed by atoms with E-state index in [1.807, 2.05) is 26.8 Å². The summed E-state index contributed by atoms with van der Waals surface area (Å²) < 4.78 is 0. The zero-order chi connectivity index (χ0) is 16.0. The molecule has 0 heterocycles. The van der Waals surface area contributed by atoms with Gasteiger partial charge in [0.2, 0.25) is 11.8 Å². The van der Waals surface area contributed by atoms with E-state index in [2.05, 4.69) is 10.6 Å². The molecular formula is C15H24N4O2. The lowest BCUT2D eigenvalue weighted by atomic mass is 10.2. The molecule has 1 rings (SSSR count). The van der Waals surface area contributed by atoms with Gasteiger partial charge in [-0.3, -0.25) is 14.5 Å². The molecule has 0 saturated carbocycles. The van der Waals surface area contributed by atoms with Gasteiger partial charge >= 0.3 is 0 Å². The Morgan fingerprint density at radius 2 is 1.86 bits per heavy atom. The zero-order valence-electron chi connectivity index (χ0n) is 13.1. The number of nitrogen functional groups attached to an aromatic ring is 1. The van der Waals surface area contributed by atoms with E-state index in [-0.39, 0.29) is 30.9 Å². The minimum atomic E-state index is -0.177. The van der Waals surface area contributed by atoms with Crippen LogP contribution in [-0.4, -0.2) is 42.9 Å². The van der Waals surface area contributed by atoms with Crippen LogP contribution in [0.15, 0.2) is 18.2 Å². The second-order valence-electron chi connectivity index (χ2n) is 5.52. The number of carbonyl (C=O) groups excluding carboxylic acids is 2. The van der Waals surface area contributed by atoms with E-state index >= 15 is 0 Å². The third-order valence-corrected chi connectivity index (χ3v) is 2.81. The molecule has 4 N–H and O–H groups in total. The maximum atomic E-state index is 12.0. The van der Waals surface area contributed by atoms with E-state index in [9.17, 15) is 9.59 Å². The van der Waals surface area contributed by atoms with Crippen LogP contribution < -0.4 is 16.4 Å². The number of nitrogens with two attached hydrogens (primary N) is 1. The van der Waals surface area contributed by atoms with Crippen LogP contribution in [0.4, 0.5) is 11.4 Å². The molecule has 0 fully saturated rings. The van der Waals surface area contributed by atoms with Crippen LogP contribution in [0.25, 0.3) is 0 Å². The van der Waals surface area contributed by atoms with Crippen LogP contribution in [0, 0.1) is 6.92 Å². The van der Waals surface area contributed by atoms with Gasteiger partial charge in [-0.05, 0) is 45.5 Å². The Labute approximate surface area is 125 Å². The number of likely N-dealkylation sites (N-methyl/N-ethyl adjacent to an activating group) is 1. The Morgan fingerprint density at radius 1 is 1.24 bits per heavy atom. The van der Waals surface area contributed by atoms with Crippen molar-refractivity contribution in [2.75, 3.05) is 31.2 Å². The molecule has 116 valence electrons. The highest BCUT2D eigenvalue weighted by molar-refractivity contribution is 5.93. The van der Waals surface area contributed by atoms with Crippen LogP contribution in [-0.2, 0) is 9.59 Å². The molecule has 0 spiro atoms. The number of amides is 2. The number of benzene rings is 1. The first kappa shape index (κ1) is 17.0. The maximum Gasteiger partial charge on any atom is 0.238 e. The van der Waals surface area contributed by atoms with Gasteiger partial charge in [-0.25, -0.2) is 0 Å². The summed E-state index contributed by atoms with van der Waals surface area (Å²) in [6.07, 6.45) is 0. The SMILES string of the molecule is Cc1ccc(N)cc1NC(=O)CN(C)CC(=O)NC(C)C. The van der Waals surface area contributed by atoms with E-state index in [4.69, 9.17) is 5.73 Å². The van der Waals surface area contributed by atoms with Crippen LogP contribution in [0.3, 0.4) is 0 Å². The lowest BCUT2D eigenvalue weighted by Crippen LogP contribution is -2.41. The average Bonchev–Trinajstić information content (AvgIpc) is 2.32. The Balaban J connectivity index is 2.49. The van der Waals surface area contributed by atoms with Crippen molar-refractivity contribution in [3.63, 3.8) is 0 Å². The molecule has 0 saturated heterocycles. The summed E-state index contributed by atoms with van der Waals surface area (Å²) in [6, 6.07) is 5.45. The molecule has 0 aliphatic heterocycles. The van der Waals surface area contributed by atoms with Crippen molar-refractivity contribution in [2.45, 2.75) is 26.8 Å². The summed E-state index contributed by atoms with van der Waals surface area (Å²) in [4.78, 5) is 25.2. The van der Waals surface area contributed by atoms with Crippen molar-refractivity contribution >= 4 is 23.2 Å². The standard InChI is InChI=1S/C15H24N4O2/c1-10(2)17-14(20)8-19(4)9-15(21)18-13-7-12(16)6-5-11(13)3/h5-7,10H,8-9,16H2,1-4H3,(H,17,20)(H,18,21). The van der Waals surface area contributed by atoms with Gasteiger partial charge < -0.3 is 16.4 Å². The molecule has 0 radical (unpaired) electrons. The first-order valence-corrected chi connectivity index (χ1v) is 6.92. The predicted molar refractivity (Wildman–Crippen MR) is 85.0 cm³/mol. The van der Waals surface area contributed by atoms with Crippen LogP contribution in [0.2, 0.25) is 0 Å². The molecule has 0 aliphatic carbocycles. The highest BCUT2D eigenvalue weighted by atomic mass is 16.2. The monoisotopic (exact) mass is 292 g/mol. The van der Waals surface area contributed by atoms with Gasteiger partial charge in [-0.15, -0.1) is 0 Å².